The molecule has 3 heterocycles. The molecule has 0 bridgehead atoms. The summed E-state index contributed by atoms with van der Waals surface area (Å²) in [7, 11) is 0. The predicted molar refractivity (Wildman–Crippen MR) is 116 cm³/mol. The Morgan fingerprint density at radius 3 is 2.76 bits per heavy atom. The third-order valence-electron chi connectivity index (χ3n) is 6.11. The number of aryl methyl sites for hydroxylation is 2. The van der Waals surface area contributed by atoms with Crippen LogP contribution in [0, 0.1) is 12.8 Å². The molecular weight excluding hydrogens is 362 g/mol. The lowest BCUT2D eigenvalue weighted by Crippen LogP contribution is -2.41. The number of amides is 2. The number of anilines is 2. The predicted octanol–water partition coefficient (Wildman–Crippen LogP) is 4.17. The molecule has 0 atom stereocenters. The fourth-order valence-corrected chi connectivity index (χ4v) is 4.24. The topological polar surface area (TPSA) is 61.4 Å². The van der Waals surface area contributed by atoms with E-state index < -0.39 is 0 Å². The van der Waals surface area contributed by atoms with Gasteiger partial charge in [-0.1, -0.05) is 26.0 Å². The van der Waals surface area contributed by atoms with Gasteiger partial charge >= 0.3 is 6.03 Å². The zero-order chi connectivity index (χ0) is 20.4. The van der Waals surface area contributed by atoms with E-state index in [-0.39, 0.29) is 6.03 Å². The molecule has 0 spiro atoms. The Balaban J connectivity index is 1.53. The summed E-state index contributed by atoms with van der Waals surface area (Å²) < 4.78 is 0. The van der Waals surface area contributed by atoms with Crippen molar-refractivity contribution in [3.8, 4) is 0 Å². The van der Waals surface area contributed by atoms with E-state index in [1.54, 1.807) is 0 Å². The number of hydrogen-bond acceptors (Lipinski definition) is 4. The Labute approximate surface area is 173 Å². The molecule has 4 rings (SSSR count). The molecule has 0 unspecified atom stereocenters. The molecule has 1 aromatic heterocycles. The summed E-state index contributed by atoms with van der Waals surface area (Å²) in [6.45, 7) is 9.71. The fraction of sp³-hybridized carbons (Fsp3) is 0.522. The molecule has 29 heavy (non-hydrogen) atoms. The highest BCUT2D eigenvalue weighted by Gasteiger charge is 2.28. The van der Waals surface area contributed by atoms with Crippen LogP contribution in [-0.2, 0) is 19.4 Å². The molecule has 2 amide bonds. The zero-order valence-electron chi connectivity index (χ0n) is 17.7. The second kappa shape index (κ2) is 8.39. The van der Waals surface area contributed by atoms with Crippen LogP contribution in [0.25, 0.3) is 0 Å². The summed E-state index contributed by atoms with van der Waals surface area (Å²) in [5.41, 5.74) is 4.29. The molecule has 1 N–H and O–H groups in total. The average Bonchev–Trinajstić information content (AvgIpc) is 2.73. The average molecular weight is 394 g/mol. The van der Waals surface area contributed by atoms with E-state index in [9.17, 15) is 4.79 Å². The molecule has 0 radical (unpaired) electrons. The van der Waals surface area contributed by atoms with Crippen molar-refractivity contribution in [2.45, 2.75) is 53.0 Å². The third-order valence-corrected chi connectivity index (χ3v) is 6.11. The van der Waals surface area contributed by atoms with Gasteiger partial charge < -0.3 is 15.1 Å². The normalized spacial score (nSPS) is 17.2. The highest BCUT2D eigenvalue weighted by molar-refractivity contribution is 5.89. The van der Waals surface area contributed by atoms with Gasteiger partial charge in [0, 0.05) is 37.3 Å². The first-order chi connectivity index (χ1) is 14.0. The number of aromatic nitrogens is 2. The molecule has 1 saturated heterocycles. The standard InChI is InChI=1S/C23H31N5O/c1-4-18-6-5-7-19(14-18)26-23(29)28-13-10-21-20(15-28)22(25-17(3)24-21)27-11-8-16(2)9-12-27/h5-7,14,16H,4,8-13,15H2,1-3H3,(H,26,29). The van der Waals surface area contributed by atoms with E-state index >= 15 is 0 Å². The molecule has 0 saturated carbocycles. The summed E-state index contributed by atoms with van der Waals surface area (Å²) in [6, 6.07) is 8.01. The smallest absolute Gasteiger partial charge is 0.322 e. The van der Waals surface area contributed by atoms with Crippen molar-refractivity contribution in [1.29, 1.82) is 0 Å². The minimum absolute atomic E-state index is 0.0531. The number of urea groups is 1. The van der Waals surface area contributed by atoms with Crippen LogP contribution in [0.15, 0.2) is 24.3 Å². The van der Waals surface area contributed by atoms with Gasteiger partial charge in [-0.05, 0) is 49.8 Å². The van der Waals surface area contributed by atoms with E-state index in [0.29, 0.717) is 13.1 Å². The molecule has 2 aliphatic rings. The first-order valence-electron chi connectivity index (χ1n) is 10.8. The monoisotopic (exact) mass is 393 g/mol. The van der Waals surface area contributed by atoms with Crippen LogP contribution in [0.2, 0.25) is 0 Å². The number of carbonyl (C=O) groups excluding carboxylic acids is 1. The van der Waals surface area contributed by atoms with Crippen molar-refractivity contribution in [2.24, 2.45) is 5.92 Å². The van der Waals surface area contributed by atoms with E-state index in [1.807, 2.05) is 30.0 Å². The Hall–Kier alpha value is -2.63. The van der Waals surface area contributed by atoms with E-state index in [4.69, 9.17) is 4.98 Å². The number of fused-ring (bicyclic) bond motifs is 1. The van der Waals surface area contributed by atoms with Crippen LogP contribution in [-0.4, -0.2) is 40.5 Å². The number of piperidine rings is 1. The summed E-state index contributed by atoms with van der Waals surface area (Å²) in [4.78, 5) is 26.7. The van der Waals surface area contributed by atoms with Gasteiger partial charge in [0.1, 0.15) is 11.6 Å². The highest BCUT2D eigenvalue weighted by Crippen LogP contribution is 2.30. The maximum atomic E-state index is 12.9. The number of carbonyl (C=O) groups is 1. The Morgan fingerprint density at radius 2 is 2.00 bits per heavy atom. The molecule has 2 aromatic rings. The highest BCUT2D eigenvalue weighted by atomic mass is 16.2. The van der Waals surface area contributed by atoms with E-state index in [1.165, 1.54) is 18.4 Å². The summed E-state index contributed by atoms with van der Waals surface area (Å²) >= 11 is 0. The zero-order valence-corrected chi connectivity index (χ0v) is 17.7. The lowest BCUT2D eigenvalue weighted by molar-refractivity contribution is 0.206. The van der Waals surface area contributed by atoms with Crippen LogP contribution in [0.4, 0.5) is 16.3 Å². The minimum atomic E-state index is -0.0531. The third kappa shape index (κ3) is 4.36. The Bertz CT molecular complexity index is 889. The minimum Gasteiger partial charge on any atom is -0.356 e. The maximum absolute atomic E-state index is 12.9. The second-order valence-electron chi connectivity index (χ2n) is 8.34. The first-order valence-corrected chi connectivity index (χ1v) is 10.8. The summed E-state index contributed by atoms with van der Waals surface area (Å²) in [5.74, 6) is 2.63. The number of benzene rings is 1. The number of nitrogens with one attached hydrogen (secondary N) is 1. The molecule has 2 aliphatic heterocycles. The van der Waals surface area contributed by atoms with Crippen LogP contribution in [0.1, 0.15) is 49.3 Å². The van der Waals surface area contributed by atoms with Crippen molar-refractivity contribution in [2.75, 3.05) is 29.9 Å². The van der Waals surface area contributed by atoms with Gasteiger partial charge in [0.25, 0.3) is 0 Å². The second-order valence-corrected chi connectivity index (χ2v) is 8.34. The molecule has 6 nitrogen and oxygen atoms in total. The van der Waals surface area contributed by atoms with Crippen LogP contribution in [0.3, 0.4) is 0 Å². The largest absolute Gasteiger partial charge is 0.356 e. The van der Waals surface area contributed by atoms with Gasteiger partial charge in [0.15, 0.2) is 0 Å². The van der Waals surface area contributed by atoms with Crippen molar-refractivity contribution in [3.63, 3.8) is 0 Å². The van der Waals surface area contributed by atoms with Crippen LogP contribution in [0.5, 0.6) is 0 Å². The van der Waals surface area contributed by atoms with Gasteiger partial charge in [-0.25, -0.2) is 14.8 Å². The Morgan fingerprint density at radius 1 is 1.21 bits per heavy atom. The Kier molecular flexibility index (Phi) is 5.69. The summed E-state index contributed by atoms with van der Waals surface area (Å²) in [5, 5.41) is 3.07. The van der Waals surface area contributed by atoms with Crippen molar-refractivity contribution < 1.29 is 4.79 Å². The van der Waals surface area contributed by atoms with Crippen LogP contribution < -0.4 is 10.2 Å². The molecule has 6 heteroatoms. The van der Waals surface area contributed by atoms with Gasteiger partial charge in [-0.2, -0.15) is 0 Å². The molecular formula is C23H31N5O. The lowest BCUT2D eigenvalue weighted by Gasteiger charge is -2.36. The van der Waals surface area contributed by atoms with Gasteiger partial charge in [0.2, 0.25) is 0 Å². The number of hydrogen-bond donors (Lipinski definition) is 1. The number of nitrogens with zero attached hydrogens (tertiary/aromatic N) is 4. The van der Waals surface area contributed by atoms with Crippen molar-refractivity contribution in [3.05, 3.63) is 46.9 Å². The van der Waals surface area contributed by atoms with Crippen molar-refractivity contribution >= 4 is 17.5 Å². The van der Waals surface area contributed by atoms with Gasteiger partial charge in [0.05, 0.1) is 12.2 Å². The quantitative estimate of drug-likeness (QED) is 0.850. The van der Waals surface area contributed by atoms with Gasteiger partial charge in [-0.3, -0.25) is 0 Å². The molecule has 1 aromatic carbocycles. The van der Waals surface area contributed by atoms with Crippen molar-refractivity contribution in [1.82, 2.24) is 14.9 Å². The number of rotatable bonds is 3. The molecule has 154 valence electrons. The maximum Gasteiger partial charge on any atom is 0.322 e. The SMILES string of the molecule is CCc1cccc(NC(=O)N2CCc3nc(C)nc(N4CCC(C)CC4)c3C2)c1. The van der Waals surface area contributed by atoms with Crippen LogP contribution >= 0.6 is 0 Å². The molecule has 0 aliphatic carbocycles. The summed E-state index contributed by atoms with van der Waals surface area (Å²) in [6.07, 6.45) is 4.11. The first kappa shape index (κ1) is 19.7. The lowest BCUT2D eigenvalue weighted by atomic mass is 9.98. The van der Waals surface area contributed by atoms with E-state index in [2.05, 4.69) is 35.1 Å². The molecule has 1 fully saturated rings. The van der Waals surface area contributed by atoms with E-state index in [0.717, 1.165) is 60.4 Å². The van der Waals surface area contributed by atoms with Gasteiger partial charge in [-0.15, -0.1) is 0 Å². The fourth-order valence-electron chi connectivity index (χ4n) is 4.24.